The normalized spacial score (nSPS) is 26.1. The van der Waals surface area contributed by atoms with Gasteiger partial charge in [0.2, 0.25) is 0 Å². The van der Waals surface area contributed by atoms with Crippen molar-refractivity contribution in [3.05, 3.63) is 22.4 Å². The van der Waals surface area contributed by atoms with Crippen LogP contribution in [0.25, 0.3) is 0 Å². The zero-order valence-electron chi connectivity index (χ0n) is 9.46. The van der Waals surface area contributed by atoms with E-state index in [9.17, 15) is 13.2 Å². The van der Waals surface area contributed by atoms with Crippen LogP contribution in [0.5, 0.6) is 0 Å². The number of thiophene rings is 1. The number of alkyl halides is 3. The second-order valence-corrected chi connectivity index (χ2v) is 5.53. The third-order valence-electron chi connectivity index (χ3n) is 3.30. The molecule has 96 valence electrons. The lowest BCUT2D eigenvalue weighted by Crippen LogP contribution is -2.45. The molecule has 1 fully saturated rings. The fourth-order valence-corrected chi connectivity index (χ4v) is 3.07. The Balaban J connectivity index is 1.92. The van der Waals surface area contributed by atoms with E-state index >= 15 is 0 Å². The minimum atomic E-state index is -4.06. The lowest BCUT2D eigenvalue weighted by atomic mass is 9.84. The van der Waals surface area contributed by atoms with Crippen LogP contribution in [0.15, 0.2) is 17.5 Å². The number of halogens is 3. The topological polar surface area (TPSA) is 12.0 Å². The molecular weight excluding hydrogens is 247 g/mol. The van der Waals surface area contributed by atoms with Gasteiger partial charge in [0.15, 0.2) is 0 Å². The second-order valence-electron chi connectivity index (χ2n) is 4.50. The van der Waals surface area contributed by atoms with Gasteiger partial charge in [0, 0.05) is 17.5 Å². The molecule has 0 bridgehead atoms. The molecule has 1 saturated carbocycles. The highest BCUT2D eigenvalue weighted by Gasteiger charge is 2.45. The molecule has 0 spiro atoms. The third-order valence-corrected chi connectivity index (χ3v) is 4.18. The Morgan fingerprint density at radius 2 is 2.06 bits per heavy atom. The summed E-state index contributed by atoms with van der Waals surface area (Å²) < 4.78 is 38.5. The van der Waals surface area contributed by atoms with Gasteiger partial charge in [-0.25, -0.2) is 0 Å². The molecule has 2 atom stereocenters. The van der Waals surface area contributed by atoms with E-state index in [0.29, 0.717) is 19.4 Å². The average molecular weight is 263 g/mol. The van der Waals surface area contributed by atoms with Crippen LogP contribution in [-0.2, 0) is 6.54 Å². The Labute approximate surface area is 103 Å². The Bertz CT molecular complexity index is 334. The summed E-state index contributed by atoms with van der Waals surface area (Å²) in [7, 11) is 0. The lowest BCUT2D eigenvalue weighted by Gasteiger charge is -2.33. The van der Waals surface area contributed by atoms with Gasteiger partial charge in [-0.2, -0.15) is 13.2 Å². The van der Waals surface area contributed by atoms with Gasteiger partial charge in [0.25, 0.3) is 0 Å². The van der Waals surface area contributed by atoms with Crippen LogP contribution in [0, 0.1) is 5.92 Å². The standard InChI is InChI=1S/C12H16F3NS/c13-12(14,15)10-5-1-2-6-11(10)16-8-9-4-3-7-17-9/h3-4,7,10-11,16H,1-2,5-6,8H2. The van der Waals surface area contributed by atoms with E-state index in [1.807, 2.05) is 17.5 Å². The molecule has 17 heavy (non-hydrogen) atoms. The summed E-state index contributed by atoms with van der Waals surface area (Å²) in [6.07, 6.45) is -1.56. The zero-order valence-corrected chi connectivity index (χ0v) is 10.3. The smallest absolute Gasteiger partial charge is 0.308 e. The summed E-state index contributed by atoms with van der Waals surface area (Å²) in [6.45, 7) is 0.551. The Morgan fingerprint density at radius 1 is 1.29 bits per heavy atom. The molecule has 1 nitrogen and oxygen atoms in total. The molecule has 2 unspecified atom stereocenters. The zero-order chi connectivity index (χ0) is 12.3. The van der Waals surface area contributed by atoms with E-state index in [0.717, 1.165) is 11.3 Å². The minimum Gasteiger partial charge on any atom is -0.308 e. The Hall–Kier alpha value is -0.550. The molecule has 0 saturated heterocycles. The van der Waals surface area contributed by atoms with Crippen LogP contribution in [0.3, 0.4) is 0 Å². The van der Waals surface area contributed by atoms with E-state index in [2.05, 4.69) is 5.32 Å². The number of nitrogens with one attached hydrogen (secondary N) is 1. The van der Waals surface area contributed by atoms with Crippen molar-refractivity contribution < 1.29 is 13.2 Å². The van der Waals surface area contributed by atoms with E-state index in [-0.39, 0.29) is 6.42 Å². The molecule has 5 heteroatoms. The first-order valence-electron chi connectivity index (χ1n) is 5.90. The highest BCUT2D eigenvalue weighted by Crippen LogP contribution is 2.37. The number of hydrogen-bond donors (Lipinski definition) is 1. The monoisotopic (exact) mass is 263 g/mol. The maximum atomic E-state index is 12.8. The molecule has 0 amide bonds. The summed E-state index contributed by atoms with van der Waals surface area (Å²) in [4.78, 5) is 1.09. The van der Waals surface area contributed by atoms with Crippen LogP contribution in [0.2, 0.25) is 0 Å². The fourth-order valence-electron chi connectivity index (χ4n) is 2.41. The van der Waals surface area contributed by atoms with Crippen molar-refractivity contribution >= 4 is 11.3 Å². The summed E-state index contributed by atoms with van der Waals surface area (Å²) in [5, 5.41) is 5.01. The first-order valence-corrected chi connectivity index (χ1v) is 6.78. The predicted molar refractivity (Wildman–Crippen MR) is 63.0 cm³/mol. The first kappa shape index (κ1) is 12.9. The van der Waals surface area contributed by atoms with Crippen LogP contribution in [-0.4, -0.2) is 12.2 Å². The first-order chi connectivity index (χ1) is 8.07. The maximum Gasteiger partial charge on any atom is 0.393 e. The van der Waals surface area contributed by atoms with Crippen LogP contribution in [0.4, 0.5) is 13.2 Å². The molecule has 0 aliphatic heterocycles. The van der Waals surface area contributed by atoms with Crippen LogP contribution < -0.4 is 5.32 Å². The van der Waals surface area contributed by atoms with Gasteiger partial charge in [-0.15, -0.1) is 11.3 Å². The van der Waals surface area contributed by atoms with Crippen molar-refractivity contribution in [2.75, 3.05) is 0 Å². The van der Waals surface area contributed by atoms with E-state index in [4.69, 9.17) is 0 Å². The lowest BCUT2D eigenvalue weighted by molar-refractivity contribution is -0.189. The third kappa shape index (κ3) is 3.45. The van der Waals surface area contributed by atoms with Gasteiger partial charge >= 0.3 is 6.18 Å². The number of rotatable bonds is 3. The summed E-state index contributed by atoms with van der Waals surface area (Å²) in [6, 6.07) is 3.46. The fraction of sp³-hybridized carbons (Fsp3) is 0.667. The second kappa shape index (κ2) is 5.40. The van der Waals surface area contributed by atoms with Gasteiger partial charge in [0.05, 0.1) is 5.92 Å². The predicted octanol–water partition coefficient (Wildman–Crippen LogP) is 3.96. The van der Waals surface area contributed by atoms with Gasteiger partial charge < -0.3 is 5.32 Å². The highest BCUT2D eigenvalue weighted by molar-refractivity contribution is 7.09. The molecule has 1 N–H and O–H groups in total. The van der Waals surface area contributed by atoms with Crippen molar-refractivity contribution in [2.24, 2.45) is 5.92 Å². The molecule has 2 rings (SSSR count). The molecule has 1 aromatic rings. The maximum absolute atomic E-state index is 12.8. The summed E-state index contributed by atoms with van der Waals surface area (Å²) >= 11 is 1.58. The number of hydrogen-bond acceptors (Lipinski definition) is 2. The van der Waals surface area contributed by atoms with Gasteiger partial charge in [-0.05, 0) is 24.3 Å². The van der Waals surface area contributed by atoms with E-state index in [1.165, 1.54) is 0 Å². The highest BCUT2D eigenvalue weighted by atomic mass is 32.1. The molecular formula is C12H16F3NS. The van der Waals surface area contributed by atoms with Crippen molar-refractivity contribution in [2.45, 2.75) is 44.4 Å². The van der Waals surface area contributed by atoms with Gasteiger partial charge in [-0.3, -0.25) is 0 Å². The summed E-state index contributed by atoms with van der Waals surface area (Å²) in [5.41, 5.74) is 0. The van der Waals surface area contributed by atoms with Crippen molar-refractivity contribution in [3.63, 3.8) is 0 Å². The average Bonchev–Trinajstić information content (AvgIpc) is 2.78. The molecule has 0 aromatic carbocycles. The van der Waals surface area contributed by atoms with Gasteiger partial charge in [-0.1, -0.05) is 18.9 Å². The minimum absolute atomic E-state index is 0.269. The van der Waals surface area contributed by atoms with Crippen molar-refractivity contribution in [1.82, 2.24) is 5.32 Å². The molecule has 1 aromatic heterocycles. The van der Waals surface area contributed by atoms with E-state index in [1.54, 1.807) is 11.3 Å². The van der Waals surface area contributed by atoms with Crippen molar-refractivity contribution in [1.29, 1.82) is 0 Å². The quantitative estimate of drug-likeness (QED) is 0.870. The van der Waals surface area contributed by atoms with Crippen LogP contribution >= 0.6 is 11.3 Å². The van der Waals surface area contributed by atoms with Crippen molar-refractivity contribution in [3.8, 4) is 0 Å². The molecule has 1 aliphatic carbocycles. The van der Waals surface area contributed by atoms with Crippen LogP contribution in [0.1, 0.15) is 30.6 Å². The van der Waals surface area contributed by atoms with Gasteiger partial charge in [0.1, 0.15) is 0 Å². The summed E-state index contributed by atoms with van der Waals surface area (Å²) in [5.74, 6) is -1.17. The Morgan fingerprint density at radius 3 is 2.71 bits per heavy atom. The Kier molecular flexibility index (Phi) is 4.09. The SMILES string of the molecule is FC(F)(F)C1CCCCC1NCc1cccs1. The van der Waals surface area contributed by atoms with E-state index < -0.39 is 18.1 Å². The molecule has 0 radical (unpaired) electrons. The largest absolute Gasteiger partial charge is 0.393 e. The molecule has 1 heterocycles. The molecule has 1 aliphatic rings.